The first-order valence-corrected chi connectivity index (χ1v) is 8.06. The molecule has 110 valence electrons. The van der Waals surface area contributed by atoms with Gasteiger partial charge in [0, 0.05) is 19.7 Å². The molecule has 0 bridgehead atoms. The quantitative estimate of drug-likeness (QED) is 0.743. The predicted octanol–water partition coefficient (Wildman–Crippen LogP) is 4.19. The Morgan fingerprint density at radius 2 is 2.10 bits per heavy atom. The van der Waals surface area contributed by atoms with Crippen molar-refractivity contribution in [3.8, 4) is 5.75 Å². The molecule has 0 saturated carbocycles. The van der Waals surface area contributed by atoms with E-state index in [-0.39, 0.29) is 5.91 Å². The lowest BCUT2D eigenvalue weighted by Gasteiger charge is -2.13. The maximum absolute atomic E-state index is 12.1. The second-order valence-corrected chi connectivity index (χ2v) is 6.85. The smallest absolute Gasteiger partial charge is 0.246 e. The summed E-state index contributed by atoms with van der Waals surface area (Å²) in [5, 5.41) is 2.04. The van der Waals surface area contributed by atoms with Gasteiger partial charge in [0.15, 0.2) is 0 Å². The summed E-state index contributed by atoms with van der Waals surface area (Å²) in [4.78, 5) is 13.7. The highest BCUT2D eigenvalue weighted by atomic mass is 79.9. The highest BCUT2D eigenvalue weighted by Crippen LogP contribution is 2.21. The minimum Gasteiger partial charge on any atom is -0.497 e. The molecular formula is C16H16BrNO2S. The molecule has 21 heavy (non-hydrogen) atoms. The molecule has 1 amide bonds. The third-order valence-electron chi connectivity index (χ3n) is 2.95. The molecule has 5 heteroatoms. The standard InChI is InChI=1S/C16H16BrNO2S/c1-18(10-13-9-15(17)21-11-13)16(19)8-5-12-3-6-14(20-2)7-4-12/h3-9,11H,10H2,1-2H3. The van der Waals surface area contributed by atoms with E-state index in [0.717, 1.165) is 20.7 Å². The summed E-state index contributed by atoms with van der Waals surface area (Å²) >= 11 is 5.04. The van der Waals surface area contributed by atoms with Crippen LogP contribution in [0.3, 0.4) is 0 Å². The predicted molar refractivity (Wildman–Crippen MR) is 90.5 cm³/mol. The number of carbonyl (C=O) groups is 1. The number of amides is 1. The first kappa shape index (κ1) is 15.8. The number of hydrogen-bond donors (Lipinski definition) is 0. The Kier molecular flexibility index (Phi) is 5.59. The fraction of sp³-hybridized carbons (Fsp3) is 0.188. The lowest BCUT2D eigenvalue weighted by molar-refractivity contribution is -0.125. The second kappa shape index (κ2) is 7.43. The molecule has 0 unspecified atom stereocenters. The molecule has 2 rings (SSSR count). The number of rotatable bonds is 5. The van der Waals surface area contributed by atoms with Gasteiger partial charge in [0.25, 0.3) is 0 Å². The molecule has 0 saturated heterocycles. The minimum atomic E-state index is -0.0202. The summed E-state index contributed by atoms with van der Waals surface area (Å²) in [5.74, 6) is 0.784. The number of ether oxygens (including phenoxy) is 1. The van der Waals surface area contributed by atoms with Crippen molar-refractivity contribution in [3.63, 3.8) is 0 Å². The van der Waals surface area contributed by atoms with Crippen molar-refractivity contribution < 1.29 is 9.53 Å². The van der Waals surface area contributed by atoms with E-state index >= 15 is 0 Å². The Bertz CT molecular complexity index is 634. The van der Waals surface area contributed by atoms with Crippen LogP contribution in [0.5, 0.6) is 5.75 Å². The van der Waals surface area contributed by atoms with Gasteiger partial charge in [-0.2, -0.15) is 0 Å². The van der Waals surface area contributed by atoms with E-state index in [2.05, 4.69) is 15.9 Å². The van der Waals surface area contributed by atoms with Crippen molar-refractivity contribution in [1.82, 2.24) is 4.90 Å². The third-order valence-corrected chi connectivity index (χ3v) is 4.51. The summed E-state index contributed by atoms with van der Waals surface area (Å²) in [7, 11) is 3.43. The SMILES string of the molecule is COc1ccc(C=CC(=O)N(C)Cc2csc(Br)c2)cc1. The van der Waals surface area contributed by atoms with Gasteiger partial charge in [0.1, 0.15) is 5.75 Å². The number of benzene rings is 1. The number of hydrogen-bond acceptors (Lipinski definition) is 3. The normalized spacial score (nSPS) is 10.8. The number of likely N-dealkylation sites (N-methyl/N-ethyl adjacent to an activating group) is 1. The van der Waals surface area contributed by atoms with Crippen molar-refractivity contribution in [2.75, 3.05) is 14.2 Å². The summed E-state index contributed by atoms with van der Waals surface area (Å²) in [6, 6.07) is 9.60. The van der Waals surface area contributed by atoms with E-state index in [9.17, 15) is 4.79 Å². The van der Waals surface area contributed by atoms with E-state index in [0.29, 0.717) is 6.54 Å². The van der Waals surface area contributed by atoms with Crippen molar-refractivity contribution in [1.29, 1.82) is 0 Å². The Morgan fingerprint density at radius 3 is 2.67 bits per heavy atom. The zero-order valence-corrected chi connectivity index (χ0v) is 14.3. The van der Waals surface area contributed by atoms with E-state index in [4.69, 9.17) is 4.74 Å². The van der Waals surface area contributed by atoms with Crippen LogP contribution in [0, 0.1) is 0 Å². The van der Waals surface area contributed by atoms with Crippen molar-refractivity contribution in [2.24, 2.45) is 0 Å². The van der Waals surface area contributed by atoms with Crippen LogP contribution in [-0.4, -0.2) is 25.0 Å². The average Bonchev–Trinajstić information content (AvgIpc) is 2.90. The molecule has 0 aliphatic carbocycles. The zero-order valence-electron chi connectivity index (χ0n) is 11.9. The van der Waals surface area contributed by atoms with Crippen LogP contribution < -0.4 is 4.74 Å². The summed E-state index contributed by atoms with van der Waals surface area (Å²) in [5.41, 5.74) is 2.09. The molecule has 0 N–H and O–H groups in total. The summed E-state index contributed by atoms with van der Waals surface area (Å²) < 4.78 is 6.18. The molecule has 1 aromatic heterocycles. The topological polar surface area (TPSA) is 29.5 Å². The van der Waals surface area contributed by atoms with E-state index in [1.165, 1.54) is 0 Å². The summed E-state index contributed by atoms with van der Waals surface area (Å²) in [6.45, 7) is 0.605. The lowest BCUT2D eigenvalue weighted by Crippen LogP contribution is -2.23. The van der Waals surface area contributed by atoms with Crippen LogP contribution in [-0.2, 0) is 11.3 Å². The first-order valence-electron chi connectivity index (χ1n) is 6.38. The average molecular weight is 366 g/mol. The van der Waals surface area contributed by atoms with Gasteiger partial charge < -0.3 is 9.64 Å². The van der Waals surface area contributed by atoms with E-state index in [1.807, 2.05) is 41.8 Å². The largest absolute Gasteiger partial charge is 0.497 e. The highest BCUT2D eigenvalue weighted by Gasteiger charge is 2.07. The Balaban J connectivity index is 1.94. The Labute approximate surface area is 137 Å². The monoisotopic (exact) mass is 365 g/mol. The number of carbonyl (C=O) groups excluding carboxylic acids is 1. The molecule has 0 radical (unpaired) electrons. The van der Waals surface area contributed by atoms with Crippen LogP contribution >= 0.6 is 27.3 Å². The van der Waals surface area contributed by atoms with Gasteiger partial charge in [-0.15, -0.1) is 11.3 Å². The number of halogens is 1. The fourth-order valence-electron chi connectivity index (χ4n) is 1.79. The van der Waals surface area contributed by atoms with Crippen LogP contribution in [0.2, 0.25) is 0 Å². The van der Waals surface area contributed by atoms with Gasteiger partial charge in [-0.3, -0.25) is 4.79 Å². The molecule has 0 atom stereocenters. The van der Waals surface area contributed by atoms with E-state index in [1.54, 1.807) is 36.5 Å². The molecule has 0 spiro atoms. The molecule has 3 nitrogen and oxygen atoms in total. The summed E-state index contributed by atoms with van der Waals surface area (Å²) in [6.07, 6.45) is 3.39. The Hall–Kier alpha value is -1.59. The minimum absolute atomic E-state index is 0.0202. The molecule has 0 fully saturated rings. The molecule has 1 aromatic carbocycles. The molecule has 2 aromatic rings. The van der Waals surface area contributed by atoms with Gasteiger partial charge in [-0.25, -0.2) is 0 Å². The molecule has 0 aliphatic heterocycles. The highest BCUT2D eigenvalue weighted by molar-refractivity contribution is 9.11. The van der Waals surface area contributed by atoms with Gasteiger partial charge >= 0.3 is 0 Å². The van der Waals surface area contributed by atoms with Crippen LogP contribution in [0.25, 0.3) is 6.08 Å². The van der Waals surface area contributed by atoms with Crippen molar-refractivity contribution in [2.45, 2.75) is 6.54 Å². The van der Waals surface area contributed by atoms with Crippen molar-refractivity contribution in [3.05, 3.63) is 56.7 Å². The second-order valence-electron chi connectivity index (χ2n) is 4.56. The Morgan fingerprint density at radius 1 is 1.38 bits per heavy atom. The van der Waals surface area contributed by atoms with Gasteiger partial charge in [0.2, 0.25) is 5.91 Å². The number of methoxy groups -OCH3 is 1. The molecule has 0 aliphatic rings. The third kappa shape index (κ3) is 4.72. The number of nitrogens with zero attached hydrogens (tertiary/aromatic N) is 1. The van der Waals surface area contributed by atoms with Crippen LogP contribution in [0.15, 0.2) is 45.6 Å². The maximum Gasteiger partial charge on any atom is 0.246 e. The first-order chi connectivity index (χ1) is 10.1. The van der Waals surface area contributed by atoms with Gasteiger partial charge in [-0.1, -0.05) is 12.1 Å². The van der Waals surface area contributed by atoms with Crippen LogP contribution in [0.4, 0.5) is 0 Å². The van der Waals surface area contributed by atoms with Crippen LogP contribution in [0.1, 0.15) is 11.1 Å². The number of thiophene rings is 1. The van der Waals surface area contributed by atoms with E-state index < -0.39 is 0 Å². The zero-order chi connectivity index (χ0) is 15.2. The lowest BCUT2D eigenvalue weighted by atomic mass is 10.2. The molecular weight excluding hydrogens is 350 g/mol. The molecule has 1 heterocycles. The van der Waals surface area contributed by atoms with Gasteiger partial charge in [0.05, 0.1) is 10.9 Å². The van der Waals surface area contributed by atoms with Crippen molar-refractivity contribution >= 4 is 39.2 Å². The maximum atomic E-state index is 12.1. The van der Waals surface area contributed by atoms with Gasteiger partial charge in [-0.05, 0) is 56.7 Å². The fourth-order valence-corrected chi connectivity index (χ4v) is 2.99.